The molecule has 0 aromatic heterocycles. The van der Waals surface area contributed by atoms with E-state index in [9.17, 15) is 9.90 Å². The molecule has 1 aromatic rings. The Kier molecular flexibility index (Phi) is 2.95. The molecule has 0 bridgehead atoms. The molecule has 0 saturated heterocycles. The average Bonchev–Trinajstić information content (AvgIpc) is 2.58. The maximum Gasteiger partial charge on any atom is 0.260 e. The minimum Gasteiger partial charge on any atom is -0.513 e. The summed E-state index contributed by atoms with van der Waals surface area (Å²) in [6.45, 7) is 3.33. The molecule has 1 unspecified atom stereocenters. The van der Waals surface area contributed by atoms with Crippen LogP contribution in [0.3, 0.4) is 0 Å². The maximum atomic E-state index is 12.1. The smallest absolute Gasteiger partial charge is 0.260 e. The number of hydrogen-bond acceptors (Lipinski definition) is 3. The SMILES string of the molecule is CC1=NN(c2ccccc2)C(=O)C1/C=C(/C)O. The van der Waals surface area contributed by atoms with Crippen LogP contribution in [0.5, 0.6) is 0 Å². The third kappa shape index (κ3) is 2.20. The van der Waals surface area contributed by atoms with Gasteiger partial charge in [0.25, 0.3) is 5.91 Å². The molecule has 88 valence electrons. The zero-order valence-corrected chi connectivity index (χ0v) is 9.79. The van der Waals surface area contributed by atoms with Gasteiger partial charge in [0.15, 0.2) is 0 Å². The molecule has 1 N–H and O–H groups in total. The van der Waals surface area contributed by atoms with Gasteiger partial charge in [-0.15, -0.1) is 0 Å². The molecule has 1 heterocycles. The van der Waals surface area contributed by atoms with Crippen LogP contribution in [-0.2, 0) is 4.79 Å². The van der Waals surface area contributed by atoms with Crippen molar-refractivity contribution < 1.29 is 9.90 Å². The fourth-order valence-electron chi connectivity index (χ4n) is 1.77. The van der Waals surface area contributed by atoms with Crippen molar-refractivity contribution in [2.24, 2.45) is 11.0 Å². The normalized spacial score (nSPS) is 20.7. The van der Waals surface area contributed by atoms with Gasteiger partial charge in [-0.25, -0.2) is 0 Å². The number of hydrazone groups is 1. The Balaban J connectivity index is 2.31. The monoisotopic (exact) mass is 230 g/mol. The largest absolute Gasteiger partial charge is 0.513 e. The van der Waals surface area contributed by atoms with Gasteiger partial charge in [-0.2, -0.15) is 10.1 Å². The number of carbonyl (C=O) groups is 1. The van der Waals surface area contributed by atoms with Gasteiger partial charge in [0.05, 0.1) is 17.2 Å². The molecule has 1 aliphatic heterocycles. The van der Waals surface area contributed by atoms with E-state index >= 15 is 0 Å². The van der Waals surface area contributed by atoms with Crippen molar-refractivity contribution in [2.45, 2.75) is 13.8 Å². The molecule has 0 aliphatic carbocycles. The first kappa shape index (κ1) is 11.4. The summed E-state index contributed by atoms with van der Waals surface area (Å²) in [4.78, 5) is 12.1. The Hall–Kier alpha value is -2.10. The number of aliphatic hydroxyl groups is 1. The number of hydrogen-bond donors (Lipinski definition) is 1. The molecule has 0 fully saturated rings. The van der Waals surface area contributed by atoms with Crippen molar-refractivity contribution in [2.75, 3.05) is 5.01 Å². The van der Waals surface area contributed by atoms with Crippen LogP contribution in [-0.4, -0.2) is 16.7 Å². The molecular formula is C13H14N2O2. The molecule has 1 atom stereocenters. The summed E-state index contributed by atoms with van der Waals surface area (Å²) >= 11 is 0. The molecule has 17 heavy (non-hydrogen) atoms. The lowest BCUT2D eigenvalue weighted by atomic mass is 10.0. The van der Waals surface area contributed by atoms with E-state index in [2.05, 4.69) is 5.10 Å². The zero-order chi connectivity index (χ0) is 12.4. The van der Waals surface area contributed by atoms with Gasteiger partial charge in [0.2, 0.25) is 0 Å². The predicted molar refractivity (Wildman–Crippen MR) is 66.9 cm³/mol. The Labute approximate surface area is 99.9 Å². The van der Waals surface area contributed by atoms with Crippen LogP contribution in [0.2, 0.25) is 0 Å². The fraction of sp³-hybridized carbons (Fsp3) is 0.231. The van der Waals surface area contributed by atoms with Crippen LogP contribution >= 0.6 is 0 Å². The number of amides is 1. The average molecular weight is 230 g/mol. The van der Waals surface area contributed by atoms with Gasteiger partial charge in [-0.1, -0.05) is 18.2 Å². The molecular weight excluding hydrogens is 216 g/mol. The molecule has 4 nitrogen and oxygen atoms in total. The van der Waals surface area contributed by atoms with Crippen LogP contribution < -0.4 is 5.01 Å². The minimum atomic E-state index is -0.458. The molecule has 0 radical (unpaired) electrons. The lowest BCUT2D eigenvalue weighted by Crippen LogP contribution is -2.26. The van der Waals surface area contributed by atoms with E-state index in [-0.39, 0.29) is 11.7 Å². The van der Waals surface area contributed by atoms with Gasteiger partial charge in [-0.3, -0.25) is 4.79 Å². The number of allylic oxidation sites excluding steroid dienone is 1. The van der Waals surface area contributed by atoms with Crippen molar-refractivity contribution in [3.05, 3.63) is 42.2 Å². The lowest BCUT2D eigenvalue weighted by molar-refractivity contribution is -0.118. The third-order valence-electron chi connectivity index (χ3n) is 2.59. The lowest BCUT2D eigenvalue weighted by Gasteiger charge is -2.12. The van der Waals surface area contributed by atoms with Crippen molar-refractivity contribution in [3.8, 4) is 0 Å². The Morgan fingerprint density at radius 2 is 2.06 bits per heavy atom. The van der Waals surface area contributed by atoms with Crippen molar-refractivity contribution in [1.82, 2.24) is 0 Å². The molecule has 0 spiro atoms. The van der Waals surface area contributed by atoms with Gasteiger partial charge in [0.1, 0.15) is 5.92 Å². The highest BCUT2D eigenvalue weighted by atomic mass is 16.3. The van der Waals surface area contributed by atoms with Crippen LogP contribution in [0.4, 0.5) is 5.69 Å². The summed E-state index contributed by atoms with van der Waals surface area (Å²) < 4.78 is 0. The van der Waals surface area contributed by atoms with E-state index in [1.807, 2.05) is 30.3 Å². The van der Waals surface area contributed by atoms with Gasteiger partial charge >= 0.3 is 0 Å². The number of benzene rings is 1. The number of aliphatic hydroxyl groups excluding tert-OH is 1. The van der Waals surface area contributed by atoms with E-state index in [4.69, 9.17) is 0 Å². The van der Waals surface area contributed by atoms with E-state index < -0.39 is 5.92 Å². The Bertz CT molecular complexity index is 487. The van der Waals surface area contributed by atoms with E-state index in [1.165, 1.54) is 11.1 Å². The second-order valence-electron chi connectivity index (χ2n) is 4.01. The molecule has 2 rings (SSSR count). The summed E-state index contributed by atoms with van der Waals surface area (Å²) in [6.07, 6.45) is 1.52. The van der Waals surface area contributed by atoms with E-state index in [0.717, 1.165) is 5.69 Å². The molecule has 1 aliphatic rings. The predicted octanol–water partition coefficient (Wildman–Crippen LogP) is 2.49. The number of nitrogens with zero attached hydrogens (tertiary/aromatic N) is 2. The topological polar surface area (TPSA) is 52.9 Å². The van der Waals surface area contributed by atoms with Crippen LogP contribution in [0, 0.1) is 5.92 Å². The van der Waals surface area contributed by atoms with Gasteiger partial charge < -0.3 is 5.11 Å². The highest BCUT2D eigenvalue weighted by Gasteiger charge is 2.32. The highest BCUT2D eigenvalue weighted by molar-refractivity contribution is 6.16. The summed E-state index contributed by atoms with van der Waals surface area (Å²) in [6, 6.07) is 9.25. The second kappa shape index (κ2) is 4.41. The quantitative estimate of drug-likeness (QED) is 0.793. The van der Waals surface area contributed by atoms with Crippen molar-refractivity contribution in [1.29, 1.82) is 0 Å². The highest BCUT2D eigenvalue weighted by Crippen LogP contribution is 2.24. The molecule has 1 aromatic carbocycles. The second-order valence-corrected chi connectivity index (χ2v) is 4.01. The van der Waals surface area contributed by atoms with Crippen molar-refractivity contribution >= 4 is 17.3 Å². The standard InChI is InChI=1S/C13H14N2O2/c1-9(16)8-12-10(2)14-15(13(12)17)11-6-4-3-5-7-11/h3-8,12,16H,1-2H3/b9-8-. The third-order valence-corrected chi connectivity index (χ3v) is 2.59. The summed E-state index contributed by atoms with van der Waals surface area (Å²) in [7, 11) is 0. The summed E-state index contributed by atoms with van der Waals surface area (Å²) in [5, 5.41) is 14.8. The van der Waals surface area contributed by atoms with E-state index in [0.29, 0.717) is 5.71 Å². The first-order valence-corrected chi connectivity index (χ1v) is 5.41. The number of rotatable bonds is 2. The van der Waals surface area contributed by atoms with Crippen molar-refractivity contribution in [3.63, 3.8) is 0 Å². The van der Waals surface area contributed by atoms with Crippen LogP contribution in [0.1, 0.15) is 13.8 Å². The first-order valence-electron chi connectivity index (χ1n) is 5.41. The molecule has 1 amide bonds. The Morgan fingerprint density at radius 3 is 2.65 bits per heavy atom. The summed E-state index contributed by atoms with van der Waals surface area (Å²) in [5.41, 5.74) is 1.43. The van der Waals surface area contributed by atoms with Crippen LogP contribution in [0.15, 0.2) is 47.3 Å². The summed E-state index contributed by atoms with van der Waals surface area (Å²) in [5.74, 6) is -0.463. The Morgan fingerprint density at radius 1 is 1.41 bits per heavy atom. The number of carbonyl (C=O) groups excluding carboxylic acids is 1. The van der Waals surface area contributed by atoms with E-state index in [1.54, 1.807) is 13.8 Å². The fourth-order valence-corrected chi connectivity index (χ4v) is 1.77. The number of anilines is 1. The first-order chi connectivity index (χ1) is 8.09. The van der Waals surface area contributed by atoms with Gasteiger partial charge in [-0.05, 0) is 32.1 Å². The van der Waals surface area contributed by atoms with Crippen LogP contribution in [0.25, 0.3) is 0 Å². The molecule has 4 heteroatoms. The maximum absolute atomic E-state index is 12.1. The van der Waals surface area contributed by atoms with Gasteiger partial charge in [0, 0.05) is 0 Å². The minimum absolute atomic E-state index is 0.132. The zero-order valence-electron chi connectivity index (χ0n) is 9.79. The molecule has 0 saturated carbocycles. The number of para-hydroxylation sites is 1.